The van der Waals surface area contributed by atoms with E-state index in [1.165, 1.54) is 30.5 Å². The van der Waals surface area contributed by atoms with E-state index in [2.05, 4.69) is 26.5 Å². The normalized spacial score (nSPS) is 11.7. The number of amides is 1. The molecule has 0 aliphatic heterocycles. The molecule has 166 valence electrons. The number of hydrogen-bond donors (Lipinski definition) is 1. The lowest BCUT2D eigenvalue weighted by Gasteiger charge is -2.21. The van der Waals surface area contributed by atoms with Gasteiger partial charge in [0.05, 0.1) is 17.7 Å². The Kier molecular flexibility index (Phi) is 8.58. The van der Waals surface area contributed by atoms with Gasteiger partial charge < -0.3 is 0 Å². The van der Waals surface area contributed by atoms with E-state index in [-0.39, 0.29) is 18.0 Å². The zero-order valence-corrected chi connectivity index (χ0v) is 20.1. The molecule has 32 heavy (non-hydrogen) atoms. The Bertz CT molecular complexity index is 1170. The molecule has 1 N–H and O–H groups in total. The fourth-order valence-corrected chi connectivity index (χ4v) is 4.65. The van der Waals surface area contributed by atoms with Gasteiger partial charge in [-0.3, -0.25) is 4.79 Å². The molecule has 6 nitrogen and oxygen atoms in total. The van der Waals surface area contributed by atoms with Crippen molar-refractivity contribution >= 4 is 49.7 Å². The maximum Gasteiger partial charge on any atom is 0.255 e. The zero-order valence-electron chi connectivity index (χ0n) is 17.0. The van der Waals surface area contributed by atoms with Crippen LogP contribution < -0.4 is 5.43 Å². The molecule has 0 spiro atoms. The predicted molar refractivity (Wildman–Crippen MR) is 130 cm³/mol. The number of hydrazone groups is 1. The molecule has 0 aromatic heterocycles. The fraction of sp³-hybridized carbons (Fsp3) is 0.130. The zero-order chi connectivity index (χ0) is 23.0. The van der Waals surface area contributed by atoms with Gasteiger partial charge in [0.25, 0.3) is 5.91 Å². The molecule has 1 amide bonds. The smallest absolute Gasteiger partial charge is 0.255 e. The minimum Gasteiger partial charge on any atom is -0.272 e. The minimum atomic E-state index is -3.91. The van der Waals surface area contributed by atoms with Crippen LogP contribution in [0.2, 0.25) is 5.02 Å². The predicted octanol–water partition coefficient (Wildman–Crippen LogP) is 4.49. The van der Waals surface area contributed by atoms with E-state index in [0.717, 1.165) is 19.9 Å². The van der Waals surface area contributed by atoms with Crippen LogP contribution in [0.15, 0.2) is 93.3 Å². The van der Waals surface area contributed by atoms with E-state index in [1.54, 1.807) is 0 Å². The van der Waals surface area contributed by atoms with Crippen LogP contribution in [0.3, 0.4) is 0 Å². The van der Waals surface area contributed by atoms with Crippen molar-refractivity contribution in [2.24, 2.45) is 5.10 Å². The lowest BCUT2D eigenvalue weighted by atomic mass is 10.1. The van der Waals surface area contributed by atoms with E-state index in [0.29, 0.717) is 11.4 Å². The third-order valence-corrected chi connectivity index (χ3v) is 7.18. The highest BCUT2D eigenvalue weighted by atomic mass is 79.9. The van der Waals surface area contributed by atoms with Crippen molar-refractivity contribution in [2.75, 3.05) is 13.1 Å². The number of sulfonamides is 1. The van der Waals surface area contributed by atoms with Gasteiger partial charge in [0.15, 0.2) is 0 Å². The molecule has 0 aliphatic rings. The van der Waals surface area contributed by atoms with E-state index in [4.69, 9.17) is 11.6 Å². The first-order valence-corrected chi connectivity index (χ1v) is 12.3. The largest absolute Gasteiger partial charge is 0.272 e. The van der Waals surface area contributed by atoms with Crippen LogP contribution in [-0.2, 0) is 21.2 Å². The quantitative estimate of drug-likeness (QED) is 0.325. The molecule has 0 fully saturated rings. The number of nitrogens with zero attached hydrogens (tertiary/aromatic N) is 2. The molecule has 3 rings (SSSR count). The van der Waals surface area contributed by atoms with Gasteiger partial charge in [0.2, 0.25) is 10.0 Å². The van der Waals surface area contributed by atoms with Crippen molar-refractivity contribution < 1.29 is 13.2 Å². The lowest BCUT2D eigenvalue weighted by Crippen LogP contribution is -2.40. The van der Waals surface area contributed by atoms with Gasteiger partial charge in [-0.05, 0) is 53.9 Å². The number of carbonyl (C=O) groups excluding carboxylic acids is 1. The Balaban J connectivity index is 1.72. The first kappa shape index (κ1) is 24.1. The monoisotopic (exact) mass is 533 g/mol. The van der Waals surface area contributed by atoms with Crippen LogP contribution in [0.4, 0.5) is 0 Å². The number of nitrogens with one attached hydrogen (secondary N) is 1. The average Bonchev–Trinajstić information content (AvgIpc) is 2.79. The molecule has 0 saturated carbocycles. The minimum absolute atomic E-state index is 0.0705. The molecule has 9 heteroatoms. The molecule has 0 heterocycles. The molecule has 0 bridgehead atoms. The number of hydrogen-bond acceptors (Lipinski definition) is 4. The van der Waals surface area contributed by atoms with Crippen molar-refractivity contribution in [3.63, 3.8) is 0 Å². The molecular formula is C23H21BrClN3O3S. The number of benzene rings is 3. The summed E-state index contributed by atoms with van der Waals surface area (Å²) in [5.41, 5.74) is 4.16. The average molecular weight is 535 g/mol. The lowest BCUT2D eigenvalue weighted by molar-refractivity contribution is -0.121. The van der Waals surface area contributed by atoms with Crippen molar-refractivity contribution in [1.82, 2.24) is 9.73 Å². The summed E-state index contributed by atoms with van der Waals surface area (Å²) in [5.74, 6) is -0.538. The first-order chi connectivity index (χ1) is 15.3. The van der Waals surface area contributed by atoms with Crippen LogP contribution in [-0.4, -0.2) is 37.9 Å². The second kappa shape index (κ2) is 11.4. The molecule has 0 atom stereocenters. The van der Waals surface area contributed by atoms with Crippen LogP contribution in [0.25, 0.3) is 0 Å². The Morgan fingerprint density at radius 1 is 1.00 bits per heavy atom. The molecule has 0 unspecified atom stereocenters. The van der Waals surface area contributed by atoms with Gasteiger partial charge in [-0.2, -0.15) is 9.41 Å². The summed E-state index contributed by atoms with van der Waals surface area (Å²) < 4.78 is 28.5. The van der Waals surface area contributed by atoms with Crippen LogP contribution >= 0.6 is 27.5 Å². The maximum absolute atomic E-state index is 13.2. The summed E-state index contributed by atoms with van der Waals surface area (Å²) in [6.07, 6.45) is 1.95. The summed E-state index contributed by atoms with van der Waals surface area (Å²) in [6.45, 7) is -0.228. The molecule has 0 saturated heterocycles. The van der Waals surface area contributed by atoms with E-state index < -0.39 is 15.9 Å². The Morgan fingerprint density at radius 2 is 1.66 bits per heavy atom. The third-order valence-electron chi connectivity index (χ3n) is 4.54. The van der Waals surface area contributed by atoms with Crippen molar-refractivity contribution in [3.05, 3.63) is 99.5 Å². The maximum atomic E-state index is 13.2. The Hall–Kier alpha value is -2.52. The molecule has 0 radical (unpaired) electrons. The van der Waals surface area contributed by atoms with E-state index in [9.17, 15) is 13.2 Å². The van der Waals surface area contributed by atoms with Gasteiger partial charge in [0, 0.05) is 16.0 Å². The summed E-state index contributed by atoms with van der Waals surface area (Å²) in [6, 6.07) is 22.7. The summed E-state index contributed by atoms with van der Waals surface area (Å²) in [7, 11) is -3.91. The fourth-order valence-electron chi connectivity index (χ4n) is 2.86. The standard InChI is InChI=1S/C23H21BrClN3O3S/c24-20-8-6-19(7-9-20)16-26-27-23(29)17-28(15-14-18-4-2-1-3-5-18)32(30,31)22-12-10-21(25)11-13-22/h1-13,16H,14-15,17H2,(H,27,29)/b26-16-. The summed E-state index contributed by atoms with van der Waals surface area (Å²) in [4.78, 5) is 12.6. The van der Waals surface area contributed by atoms with Crippen molar-refractivity contribution in [2.45, 2.75) is 11.3 Å². The van der Waals surface area contributed by atoms with Crippen LogP contribution in [0, 0.1) is 0 Å². The topological polar surface area (TPSA) is 78.8 Å². The van der Waals surface area contributed by atoms with Gasteiger partial charge in [-0.15, -0.1) is 0 Å². The number of halogens is 2. The highest BCUT2D eigenvalue weighted by molar-refractivity contribution is 9.10. The van der Waals surface area contributed by atoms with Gasteiger partial charge in [0.1, 0.15) is 0 Å². The van der Waals surface area contributed by atoms with Crippen molar-refractivity contribution in [1.29, 1.82) is 0 Å². The number of rotatable bonds is 9. The first-order valence-electron chi connectivity index (χ1n) is 9.72. The Morgan fingerprint density at radius 3 is 2.31 bits per heavy atom. The van der Waals surface area contributed by atoms with Gasteiger partial charge in [-0.25, -0.2) is 13.8 Å². The van der Waals surface area contributed by atoms with Crippen LogP contribution in [0.1, 0.15) is 11.1 Å². The highest BCUT2D eigenvalue weighted by Crippen LogP contribution is 2.19. The van der Waals surface area contributed by atoms with Crippen LogP contribution in [0.5, 0.6) is 0 Å². The van der Waals surface area contributed by atoms with Crippen molar-refractivity contribution in [3.8, 4) is 0 Å². The molecule has 3 aromatic carbocycles. The highest BCUT2D eigenvalue weighted by Gasteiger charge is 2.26. The second-order valence-electron chi connectivity index (χ2n) is 6.87. The molecule has 3 aromatic rings. The summed E-state index contributed by atoms with van der Waals surface area (Å²) >= 11 is 9.25. The SMILES string of the molecule is O=C(CN(CCc1ccccc1)S(=O)(=O)c1ccc(Cl)cc1)N/N=C\c1ccc(Br)cc1. The summed E-state index contributed by atoms with van der Waals surface area (Å²) in [5, 5.41) is 4.36. The molecular weight excluding hydrogens is 514 g/mol. The van der Waals surface area contributed by atoms with Gasteiger partial charge in [-0.1, -0.05) is 70.0 Å². The van der Waals surface area contributed by atoms with E-state index in [1.807, 2.05) is 54.6 Å². The number of carbonyl (C=O) groups is 1. The Labute approximate surface area is 201 Å². The third kappa shape index (κ3) is 7.00. The molecule has 0 aliphatic carbocycles. The van der Waals surface area contributed by atoms with Gasteiger partial charge >= 0.3 is 0 Å². The van der Waals surface area contributed by atoms with E-state index >= 15 is 0 Å². The second-order valence-corrected chi connectivity index (χ2v) is 10.2.